The number of nitrogens with one attached hydrogen (secondary N) is 1. The highest BCUT2D eigenvalue weighted by molar-refractivity contribution is 7.89. The van der Waals surface area contributed by atoms with Crippen LogP contribution in [0.4, 0.5) is 10.1 Å². The summed E-state index contributed by atoms with van der Waals surface area (Å²) >= 11 is 7.28. The number of aromatic nitrogens is 1. The van der Waals surface area contributed by atoms with E-state index in [1.165, 1.54) is 33.8 Å². The molecule has 1 aliphatic rings. The number of thiophene rings is 1. The van der Waals surface area contributed by atoms with Crippen molar-refractivity contribution >= 4 is 56.7 Å². The van der Waals surface area contributed by atoms with E-state index in [0.717, 1.165) is 4.88 Å². The molecule has 11 heteroatoms. The van der Waals surface area contributed by atoms with Crippen molar-refractivity contribution in [3.8, 4) is 0 Å². The van der Waals surface area contributed by atoms with Crippen LogP contribution in [0.5, 0.6) is 0 Å². The molecule has 1 fully saturated rings. The number of rotatable bonds is 6. The molecule has 0 spiro atoms. The first kappa shape index (κ1) is 23.6. The van der Waals surface area contributed by atoms with Gasteiger partial charge in [0.05, 0.1) is 5.02 Å². The third-order valence-electron chi connectivity index (χ3n) is 5.39. The number of carbonyl (C=O) groups is 1. The zero-order chi connectivity index (χ0) is 23.6. The topological polar surface area (TPSA) is 92.5 Å². The van der Waals surface area contributed by atoms with Gasteiger partial charge in [-0.05, 0) is 61.6 Å². The molecule has 174 valence electrons. The highest BCUT2D eigenvalue weighted by Crippen LogP contribution is 2.30. The summed E-state index contributed by atoms with van der Waals surface area (Å²) < 4.78 is 46.6. The molecule has 0 radical (unpaired) electrons. The van der Waals surface area contributed by atoms with E-state index in [0.29, 0.717) is 18.5 Å². The SMILES string of the molecule is Cc1noc(/C=C/c2cccs2)c1S(=O)(=O)N1CCC(C(=O)Nc2ccc(F)c(Cl)c2)CC1. The second kappa shape index (κ2) is 9.76. The Bertz CT molecular complexity index is 1280. The summed E-state index contributed by atoms with van der Waals surface area (Å²) in [6, 6.07) is 7.76. The summed E-state index contributed by atoms with van der Waals surface area (Å²) in [6.45, 7) is 1.96. The molecule has 0 saturated carbocycles. The zero-order valence-corrected chi connectivity index (χ0v) is 20.0. The number of benzene rings is 1. The van der Waals surface area contributed by atoms with Crippen molar-refractivity contribution in [3.05, 3.63) is 62.9 Å². The Labute approximate surface area is 199 Å². The number of carbonyl (C=O) groups excluding carboxylic acids is 1. The molecule has 1 saturated heterocycles. The van der Waals surface area contributed by atoms with Crippen molar-refractivity contribution < 1.29 is 22.1 Å². The van der Waals surface area contributed by atoms with Gasteiger partial charge in [-0.2, -0.15) is 4.31 Å². The number of nitrogens with zero attached hydrogens (tertiary/aromatic N) is 2. The molecule has 1 aromatic carbocycles. The third kappa shape index (κ3) is 5.19. The third-order valence-corrected chi connectivity index (χ3v) is 8.57. The highest BCUT2D eigenvalue weighted by atomic mass is 35.5. The Morgan fingerprint density at radius 3 is 2.73 bits per heavy atom. The van der Waals surface area contributed by atoms with Gasteiger partial charge < -0.3 is 9.84 Å². The molecular formula is C22H21ClFN3O4S2. The van der Waals surface area contributed by atoms with Gasteiger partial charge in [-0.15, -0.1) is 11.3 Å². The first-order chi connectivity index (χ1) is 15.8. The molecule has 2 aromatic heterocycles. The number of halogens is 2. The Kier molecular flexibility index (Phi) is 6.99. The van der Waals surface area contributed by atoms with Crippen LogP contribution in [0, 0.1) is 18.7 Å². The molecule has 3 aromatic rings. The maximum absolute atomic E-state index is 13.3. The lowest BCUT2D eigenvalue weighted by Crippen LogP contribution is -2.41. The quantitative estimate of drug-likeness (QED) is 0.502. The number of piperidine rings is 1. The van der Waals surface area contributed by atoms with Gasteiger partial charge in [0, 0.05) is 29.6 Å². The standard InChI is InChI=1S/C22H21ClFN3O4S2/c1-14-21(20(31-26-14)7-5-17-3-2-12-32-17)33(29,30)27-10-8-15(9-11-27)22(28)25-16-4-6-19(24)18(23)13-16/h2-7,12-13,15H,8-11H2,1H3,(H,25,28)/b7-5+. The fourth-order valence-corrected chi connectivity index (χ4v) is 6.17. The van der Waals surface area contributed by atoms with Crippen LogP contribution in [0.15, 0.2) is 45.1 Å². The Balaban J connectivity index is 1.43. The summed E-state index contributed by atoms with van der Waals surface area (Å²) in [7, 11) is -3.85. The molecule has 1 aliphatic heterocycles. The summed E-state index contributed by atoms with van der Waals surface area (Å²) in [5, 5.41) is 8.41. The Morgan fingerprint density at radius 2 is 2.06 bits per heavy atom. The summed E-state index contributed by atoms with van der Waals surface area (Å²) in [6.07, 6.45) is 4.09. The lowest BCUT2D eigenvalue weighted by Gasteiger charge is -2.30. The van der Waals surface area contributed by atoms with Crippen molar-refractivity contribution in [2.24, 2.45) is 5.92 Å². The number of aryl methyl sites for hydroxylation is 1. The van der Waals surface area contributed by atoms with Crippen LogP contribution < -0.4 is 5.32 Å². The minimum Gasteiger partial charge on any atom is -0.355 e. The number of sulfonamides is 1. The number of amides is 1. The van der Waals surface area contributed by atoms with E-state index >= 15 is 0 Å². The molecule has 1 amide bonds. The maximum atomic E-state index is 13.3. The average Bonchev–Trinajstić information content (AvgIpc) is 3.44. The van der Waals surface area contributed by atoms with E-state index < -0.39 is 15.8 Å². The van der Waals surface area contributed by atoms with Crippen LogP contribution in [0.3, 0.4) is 0 Å². The number of hydrogen-bond acceptors (Lipinski definition) is 6. The van der Waals surface area contributed by atoms with E-state index in [4.69, 9.17) is 16.1 Å². The Morgan fingerprint density at radius 1 is 1.30 bits per heavy atom. The van der Waals surface area contributed by atoms with Gasteiger partial charge in [0.15, 0.2) is 10.7 Å². The van der Waals surface area contributed by atoms with Crippen molar-refractivity contribution in [2.45, 2.75) is 24.7 Å². The van der Waals surface area contributed by atoms with Crippen LogP contribution in [-0.2, 0) is 14.8 Å². The summed E-state index contributed by atoms with van der Waals surface area (Å²) in [4.78, 5) is 13.6. The molecule has 7 nitrogen and oxygen atoms in total. The van der Waals surface area contributed by atoms with E-state index in [1.54, 1.807) is 19.1 Å². The van der Waals surface area contributed by atoms with Gasteiger partial charge in [-0.3, -0.25) is 4.79 Å². The van der Waals surface area contributed by atoms with Crippen molar-refractivity contribution in [3.63, 3.8) is 0 Å². The molecule has 33 heavy (non-hydrogen) atoms. The lowest BCUT2D eigenvalue weighted by molar-refractivity contribution is -0.120. The molecule has 4 rings (SSSR count). The smallest absolute Gasteiger partial charge is 0.248 e. The van der Waals surface area contributed by atoms with Crippen LogP contribution in [0.1, 0.15) is 29.2 Å². The predicted octanol–water partition coefficient (Wildman–Crippen LogP) is 5.05. The van der Waals surface area contributed by atoms with E-state index in [2.05, 4.69) is 10.5 Å². The fraction of sp³-hybridized carbons (Fsp3) is 0.273. The number of hydrogen-bond donors (Lipinski definition) is 1. The van der Waals surface area contributed by atoms with Crippen molar-refractivity contribution in [1.82, 2.24) is 9.46 Å². The summed E-state index contributed by atoms with van der Waals surface area (Å²) in [5.41, 5.74) is 0.678. The predicted molar refractivity (Wildman–Crippen MR) is 126 cm³/mol. The molecular weight excluding hydrogens is 489 g/mol. The summed E-state index contributed by atoms with van der Waals surface area (Å²) in [5.74, 6) is -1.02. The minimum absolute atomic E-state index is 0.0409. The minimum atomic E-state index is -3.85. The Hall–Kier alpha value is -2.53. The van der Waals surface area contributed by atoms with Gasteiger partial charge in [-0.25, -0.2) is 12.8 Å². The largest absolute Gasteiger partial charge is 0.355 e. The van der Waals surface area contributed by atoms with Gasteiger partial charge in [-0.1, -0.05) is 22.8 Å². The number of anilines is 1. The van der Waals surface area contributed by atoms with Crippen molar-refractivity contribution in [1.29, 1.82) is 0 Å². The molecule has 0 atom stereocenters. The van der Waals surface area contributed by atoms with E-state index in [9.17, 15) is 17.6 Å². The first-order valence-corrected chi connectivity index (χ1v) is 12.9. The first-order valence-electron chi connectivity index (χ1n) is 10.2. The monoisotopic (exact) mass is 509 g/mol. The second-order valence-corrected chi connectivity index (χ2v) is 10.9. The average molecular weight is 510 g/mol. The second-order valence-electron chi connectivity index (χ2n) is 7.61. The molecule has 3 heterocycles. The van der Waals surface area contributed by atoms with Crippen LogP contribution in [-0.4, -0.2) is 36.9 Å². The normalized spacial score (nSPS) is 15.8. The van der Waals surface area contributed by atoms with Gasteiger partial charge in [0.2, 0.25) is 15.9 Å². The van der Waals surface area contributed by atoms with Crippen LogP contribution >= 0.6 is 22.9 Å². The molecule has 0 bridgehead atoms. The van der Waals surface area contributed by atoms with Gasteiger partial charge in [0.25, 0.3) is 0 Å². The lowest BCUT2D eigenvalue weighted by atomic mass is 9.97. The van der Waals surface area contributed by atoms with Crippen LogP contribution in [0.25, 0.3) is 12.2 Å². The van der Waals surface area contributed by atoms with E-state index in [1.807, 2.05) is 17.5 Å². The van der Waals surface area contributed by atoms with Crippen LogP contribution in [0.2, 0.25) is 5.02 Å². The molecule has 0 unspecified atom stereocenters. The van der Waals surface area contributed by atoms with Crippen molar-refractivity contribution in [2.75, 3.05) is 18.4 Å². The molecule has 0 aliphatic carbocycles. The molecule has 1 N–H and O–H groups in total. The van der Waals surface area contributed by atoms with E-state index in [-0.39, 0.29) is 46.3 Å². The maximum Gasteiger partial charge on any atom is 0.248 e. The fourth-order valence-electron chi connectivity index (χ4n) is 3.65. The zero-order valence-electron chi connectivity index (χ0n) is 17.6. The van der Waals surface area contributed by atoms with Gasteiger partial charge in [0.1, 0.15) is 11.5 Å². The highest BCUT2D eigenvalue weighted by Gasteiger charge is 2.36. The van der Waals surface area contributed by atoms with Gasteiger partial charge >= 0.3 is 0 Å².